The Morgan fingerprint density at radius 1 is 1.08 bits per heavy atom. The monoisotopic (exact) mass is 550 g/mol. The number of hydrogen-bond donors (Lipinski definition) is 2. The Kier molecular flexibility index (Phi) is 6.94. The zero-order valence-corrected chi connectivity index (χ0v) is 22.0. The van der Waals surface area contributed by atoms with Gasteiger partial charge in [-0.2, -0.15) is 9.49 Å². The molecule has 2 N–H and O–H groups in total. The molecule has 1 saturated carbocycles. The summed E-state index contributed by atoms with van der Waals surface area (Å²) < 4.78 is 38.8. The summed E-state index contributed by atoms with van der Waals surface area (Å²) in [6.07, 6.45) is 6.64. The van der Waals surface area contributed by atoms with Crippen LogP contribution in [-0.2, 0) is 14.6 Å². The molecule has 1 heterocycles. The van der Waals surface area contributed by atoms with Crippen LogP contribution in [0.25, 0.3) is 28.1 Å². The Balaban J connectivity index is 1.77. The molecule has 1 fully saturated rings. The van der Waals surface area contributed by atoms with Crippen molar-refractivity contribution in [2.24, 2.45) is 5.92 Å². The number of nitrogens with one attached hydrogen (secondary N) is 1. The molecule has 0 saturated heterocycles. The molecular weight excluding hydrogens is 527 g/mol. The summed E-state index contributed by atoms with van der Waals surface area (Å²) in [5.41, 5.74) is 5.34. The van der Waals surface area contributed by atoms with Crippen molar-refractivity contribution in [1.82, 2.24) is 10.2 Å². The van der Waals surface area contributed by atoms with Gasteiger partial charge in [0.05, 0.1) is 15.8 Å². The number of carbonyl (C=O) groups is 1. The number of nitrogens with zero attached hydrogens (tertiary/aromatic N) is 1. The van der Waals surface area contributed by atoms with Crippen molar-refractivity contribution in [3.8, 4) is 0 Å². The van der Waals surface area contributed by atoms with Gasteiger partial charge in [-0.15, -0.1) is 0 Å². The second-order valence-electron chi connectivity index (χ2n) is 9.39. The summed E-state index contributed by atoms with van der Waals surface area (Å²) >= 11 is 6.73. The number of aliphatic carboxylic acids is 1. The number of hydrogen-bond acceptors (Lipinski definition) is 4. The fourth-order valence-corrected chi connectivity index (χ4v) is 5.74. The Morgan fingerprint density at radius 3 is 2.39 bits per heavy atom. The molecule has 0 radical (unpaired) electrons. The van der Waals surface area contributed by atoms with Crippen molar-refractivity contribution in [3.63, 3.8) is 0 Å². The Hall–Kier alpha value is -3.75. The number of benzene rings is 3. The van der Waals surface area contributed by atoms with E-state index >= 15 is 0 Å². The molecule has 5 rings (SSSR count). The largest absolute Gasteiger partial charge is 0.478 e. The standard InChI is InChI=1S/C29H24ClFN2O4S/c1-38(36,37)21-11-12-22(24(30)16-21)28(18-3-2-4-18)27(19-8-5-17(6-9-19)7-14-26(34)35)20-10-13-25-23(15-20)29(31)33-32-25/h5-16,18H,2-4H2,1H3,(H,32,33)(H,34,35)/b14-7+,28-27+. The number of aromatic nitrogens is 2. The second kappa shape index (κ2) is 10.2. The van der Waals surface area contributed by atoms with E-state index in [9.17, 15) is 17.6 Å². The minimum Gasteiger partial charge on any atom is -0.478 e. The molecular formula is C29H24ClFN2O4S. The Bertz CT molecular complexity index is 1720. The third-order valence-electron chi connectivity index (χ3n) is 6.86. The zero-order chi connectivity index (χ0) is 27.0. The average Bonchev–Trinajstić information content (AvgIpc) is 3.21. The van der Waals surface area contributed by atoms with Crippen molar-refractivity contribution >= 4 is 55.5 Å². The van der Waals surface area contributed by atoms with Gasteiger partial charge in [0.15, 0.2) is 9.84 Å². The van der Waals surface area contributed by atoms with Gasteiger partial charge in [0.25, 0.3) is 0 Å². The molecule has 1 aliphatic rings. The quantitative estimate of drug-likeness (QED) is 0.199. The van der Waals surface area contributed by atoms with Gasteiger partial charge >= 0.3 is 5.97 Å². The van der Waals surface area contributed by atoms with E-state index in [1.165, 1.54) is 12.1 Å². The first kappa shape index (κ1) is 25.9. The fraction of sp³-hybridized carbons (Fsp3) is 0.172. The summed E-state index contributed by atoms with van der Waals surface area (Å²) in [5.74, 6) is -1.40. The van der Waals surface area contributed by atoms with Gasteiger partial charge in [-0.1, -0.05) is 54.4 Å². The van der Waals surface area contributed by atoms with Crippen LogP contribution >= 0.6 is 11.6 Å². The first-order valence-corrected chi connectivity index (χ1v) is 14.3. The van der Waals surface area contributed by atoms with Crippen molar-refractivity contribution in [3.05, 3.63) is 100.0 Å². The summed E-state index contributed by atoms with van der Waals surface area (Å²) in [5, 5.41) is 16.0. The van der Waals surface area contributed by atoms with Gasteiger partial charge in [0.2, 0.25) is 5.95 Å². The molecule has 0 unspecified atom stereocenters. The molecule has 194 valence electrons. The van der Waals surface area contributed by atoms with Crippen molar-refractivity contribution in [2.75, 3.05) is 6.26 Å². The topological polar surface area (TPSA) is 100 Å². The number of allylic oxidation sites excluding steroid dienone is 1. The predicted molar refractivity (Wildman–Crippen MR) is 147 cm³/mol. The number of fused-ring (bicyclic) bond motifs is 1. The minimum absolute atomic E-state index is 0.136. The van der Waals surface area contributed by atoms with E-state index in [0.29, 0.717) is 21.5 Å². The molecule has 38 heavy (non-hydrogen) atoms. The van der Waals surface area contributed by atoms with Gasteiger partial charge in [0, 0.05) is 17.4 Å². The van der Waals surface area contributed by atoms with E-state index in [0.717, 1.165) is 59.4 Å². The van der Waals surface area contributed by atoms with Crippen LogP contribution in [0.5, 0.6) is 0 Å². The molecule has 0 bridgehead atoms. The first-order chi connectivity index (χ1) is 18.1. The smallest absolute Gasteiger partial charge is 0.328 e. The van der Waals surface area contributed by atoms with E-state index in [1.54, 1.807) is 24.3 Å². The maximum absolute atomic E-state index is 14.5. The van der Waals surface area contributed by atoms with Crippen molar-refractivity contribution < 1.29 is 22.7 Å². The minimum atomic E-state index is -3.44. The summed E-state index contributed by atoms with van der Waals surface area (Å²) in [6, 6.07) is 17.6. The van der Waals surface area contributed by atoms with Gasteiger partial charge in [-0.05, 0) is 82.5 Å². The summed E-state index contributed by atoms with van der Waals surface area (Å²) in [6.45, 7) is 0. The molecule has 3 aromatic carbocycles. The van der Waals surface area contributed by atoms with Crippen molar-refractivity contribution in [1.29, 1.82) is 0 Å². The van der Waals surface area contributed by atoms with E-state index in [4.69, 9.17) is 16.7 Å². The van der Waals surface area contributed by atoms with Crippen LogP contribution in [0.15, 0.2) is 71.6 Å². The van der Waals surface area contributed by atoms with Crippen LogP contribution < -0.4 is 0 Å². The molecule has 4 aromatic rings. The van der Waals surface area contributed by atoms with Gasteiger partial charge in [-0.25, -0.2) is 13.2 Å². The number of sulfone groups is 1. The van der Waals surface area contributed by atoms with E-state index in [1.807, 2.05) is 30.3 Å². The van der Waals surface area contributed by atoms with E-state index in [2.05, 4.69) is 10.2 Å². The Labute approximate surface area is 224 Å². The SMILES string of the molecule is CS(=O)(=O)c1ccc(/C(=C(\c2ccc(/C=C/C(=O)O)cc2)c2ccc3n[nH]c(F)c3c2)C2CCC2)c(Cl)c1. The van der Waals surface area contributed by atoms with Gasteiger partial charge in [-0.3, -0.25) is 5.10 Å². The third-order valence-corrected chi connectivity index (χ3v) is 8.28. The lowest BCUT2D eigenvalue weighted by molar-refractivity contribution is -0.131. The molecule has 1 aromatic heterocycles. The number of H-pyrrole nitrogens is 1. The molecule has 1 aliphatic carbocycles. The lowest BCUT2D eigenvalue weighted by atomic mass is 9.73. The first-order valence-electron chi connectivity index (χ1n) is 12.0. The highest BCUT2D eigenvalue weighted by Crippen LogP contribution is 2.47. The molecule has 6 nitrogen and oxygen atoms in total. The second-order valence-corrected chi connectivity index (χ2v) is 11.8. The highest BCUT2D eigenvalue weighted by molar-refractivity contribution is 7.90. The molecule has 0 spiro atoms. The average molecular weight is 551 g/mol. The maximum Gasteiger partial charge on any atom is 0.328 e. The zero-order valence-electron chi connectivity index (χ0n) is 20.4. The molecule has 0 aliphatic heterocycles. The predicted octanol–water partition coefficient (Wildman–Crippen LogP) is 6.62. The van der Waals surface area contributed by atoms with Crippen molar-refractivity contribution in [2.45, 2.75) is 24.2 Å². The normalized spacial score (nSPS) is 15.0. The van der Waals surface area contributed by atoms with Gasteiger partial charge in [0.1, 0.15) is 0 Å². The lowest BCUT2D eigenvalue weighted by Gasteiger charge is -2.32. The summed E-state index contributed by atoms with van der Waals surface area (Å²) in [4.78, 5) is 11.1. The molecule has 9 heteroatoms. The van der Waals surface area contributed by atoms with Crippen LogP contribution in [0.3, 0.4) is 0 Å². The van der Waals surface area contributed by atoms with E-state index in [-0.39, 0.29) is 10.8 Å². The lowest BCUT2D eigenvalue weighted by Crippen LogP contribution is -2.15. The highest BCUT2D eigenvalue weighted by atomic mass is 35.5. The summed E-state index contributed by atoms with van der Waals surface area (Å²) in [7, 11) is -3.44. The molecule has 0 amide bonds. The van der Waals surface area contributed by atoms with Crippen LogP contribution in [0.4, 0.5) is 4.39 Å². The fourth-order valence-electron chi connectivity index (χ4n) is 4.74. The molecule has 0 atom stereocenters. The highest BCUT2D eigenvalue weighted by Gasteiger charge is 2.29. The number of carboxylic acids is 1. The van der Waals surface area contributed by atoms with Crippen LogP contribution in [0.2, 0.25) is 5.02 Å². The van der Waals surface area contributed by atoms with Crippen LogP contribution in [-0.4, -0.2) is 35.9 Å². The number of carboxylic acid groups (broad SMARTS) is 1. The van der Waals surface area contributed by atoms with E-state index < -0.39 is 21.8 Å². The maximum atomic E-state index is 14.5. The van der Waals surface area contributed by atoms with Gasteiger partial charge < -0.3 is 5.11 Å². The van der Waals surface area contributed by atoms with Crippen LogP contribution in [0.1, 0.15) is 41.5 Å². The van der Waals surface area contributed by atoms with Crippen LogP contribution in [0, 0.1) is 11.9 Å². The Morgan fingerprint density at radius 2 is 1.79 bits per heavy atom. The number of aromatic amines is 1. The number of rotatable bonds is 7. The third kappa shape index (κ3) is 5.14. The number of halogens is 2.